The van der Waals surface area contributed by atoms with Gasteiger partial charge in [0.2, 0.25) is 5.91 Å². The van der Waals surface area contributed by atoms with Crippen LogP contribution in [0.5, 0.6) is 0 Å². The molecule has 3 rings (SSSR count). The summed E-state index contributed by atoms with van der Waals surface area (Å²) in [7, 11) is 0. The minimum atomic E-state index is -0.612. The highest BCUT2D eigenvalue weighted by Gasteiger charge is 2.21. The number of carbonyl (C=O) groups excluding carboxylic acids is 2. The van der Waals surface area contributed by atoms with Gasteiger partial charge in [0.1, 0.15) is 6.04 Å². The van der Waals surface area contributed by atoms with Crippen molar-refractivity contribution in [2.24, 2.45) is 0 Å². The van der Waals surface area contributed by atoms with Crippen LogP contribution in [0.25, 0.3) is 10.9 Å². The molecule has 130 valence electrons. The number of para-hydroxylation sites is 1. The fourth-order valence-electron chi connectivity index (χ4n) is 2.77. The van der Waals surface area contributed by atoms with E-state index in [0.29, 0.717) is 18.3 Å². The van der Waals surface area contributed by atoms with E-state index in [1.54, 1.807) is 6.92 Å². The number of benzene rings is 1. The van der Waals surface area contributed by atoms with Crippen LogP contribution in [0.4, 0.5) is 0 Å². The molecule has 0 spiro atoms. The second-order valence-electron chi connectivity index (χ2n) is 5.85. The zero-order valence-electron chi connectivity index (χ0n) is 13.5. The topological polar surface area (TPSA) is 98.9 Å². The van der Waals surface area contributed by atoms with Crippen LogP contribution in [0, 0.1) is 0 Å². The Hall–Kier alpha value is -2.12. The molecule has 1 aliphatic rings. The van der Waals surface area contributed by atoms with E-state index in [0.717, 1.165) is 30.3 Å². The van der Waals surface area contributed by atoms with Gasteiger partial charge in [0, 0.05) is 18.0 Å². The van der Waals surface area contributed by atoms with Crippen molar-refractivity contribution in [1.29, 1.82) is 0 Å². The second kappa shape index (κ2) is 8.12. The van der Waals surface area contributed by atoms with Crippen LogP contribution in [0.15, 0.2) is 24.3 Å². The Kier molecular flexibility index (Phi) is 6.16. The van der Waals surface area contributed by atoms with Crippen molar-refractivity contribution in [2.75, 3.05) is 13.1 Å². The normalized spacial score (nSPS) is 18.0. The molecule has 24 heavy (non-hydrogen) atoms. The molecule has 4 N–H and O–H groups in total. The van der Waals surface area contributed by atoms with Crippen LogP contribution in [0.3, 0.4) is 0 Å². The van der Waals surface area contributed by atoms with Gasteiger partial charge in [0.15, 0.2) is 5.69 Å². The van der Waals surface area contributed by atoms with Crippen molar-refractivity contribution in [3.05, 3.63) is 30.0 Å². The van der Waals surface area contributed by atoms with Crippen LogP contribution in [-0.4, -0.2) is 47.2 Å². The molecule has 8 heteroatoms. The number of hydrogen-bond donors (Lipinski definition) is 4. The fourth-order valence-corrected chi connectivity index (χ4v) is 2.77. The molecule has 2 atom stereocenters. The third kappa shape index (κ3) is 4.04. The molecule has 1 saturated heterocycles. The van der Waals surface area contributed by atoms with Crippen LogP contribution in [0.1, 0.15) is 30.3 Å². The summed E-state index contributed by atoms with van der Waals surface area (Å²) < 4.78 is 0. The van der Waals surface area contributed by atoms with Crippen molar-refractivity contribution < 1.29 is 9.59 Å². The van der Waals surface area contributed by atoms with E-state index in [-0.39, 0.29) is 24.2 Å². The van der Waals surface area contributed by atoms with Crippen molar-refractivity contribution in [3.8, 4) is 0 Å². The molecule has 1 aliphatic heterocycles. The summed E-state index contributed by atoms with van der Waals surface area (Å²) in [6.45, 7) is 3.26. The summed E-state index contributed by atoms with van der Waals surface area (Å²) in [5, 5.41) is 16.5. The lowest BCUT2D eigenvalue weighted by molar-refractivity contribution is -0.122. The van der Waals surface area contributed by atoms with Crippen LogP contribution in [-0.2, 0) is 4.79 Å². The maximum absolute atomic E-state index is 12.3. The third-order valence-electron chi connectivity index (χ3n) is 4.11. The number of rotatable bonds is 5. The first-order chi connectivity index (χ1) is 11.1. The van der Waals surface area contributed by atoms with E-state index in [1.165, 1.54) is 0 Å². The molecule has 2 unspecified atom stereocenters. The number of aromatic nitrogens is 2. The van der Waals surface area contributed by atoms with E-state index in [4.69, 9.17) is 0 Å². The number of hydrogen-bond acceptors (Lipinski definition) is 4. The predicted molar refractivity (Wildman–Crippen MR) is 94.3 cm³/mol. The Bertz CT molecular complexity index is 711. The van der Waals surface area contributed by atoms with E-state index < -0.39 is 6.04 Å². The summed E-state index contributed by atoms with van der Waals surface area (Å²) in [4.78, 5) is 24.4. The lowest BCUT2D eigenvalue weighted by atomic mass is 10.2. The maximum Gasteiger partial charge on any atom is 0.273 e. The first-order valence-electron chi connectivity index (χ1n) is 7.90. The monoisotopic (exact) mass is 351 g/mol. The fraction of sp³-hybridized carbons (Fsp3) is 0.438. The molecule has 1 fully saturated rings. The molecule has 0 radical (unpaired) electrons. The average molecular weight is 352 g/mol. The van der Waals surface area contributed by atoms with Gasteiger partial charge in [0.25, 0.3) is 5.91 Å². The summed E-state index contributed by atoms with van der Waals surface area (Å²) >= 11 is 0. The molecule has 0 saturated carbocycles. The number of halogens is 1. The zero-order chi connectivity index (χ0) is 16.2. The summed E-state index contributed by atoms with van der Waals surface area (Å²) in [5.41, 5.74) is 1.10. The molecule has 0 aliphatic carbocycles. The van der Waals surface area contributed by atoms with Gasteiger partial charge in [-0.2, -0.15) is 5.10 Å². The number of nitrogens with zero attached hydrogens (tertiary/aromatic N) is 1. The minimum absolute atomic E-state index is 0. The van der Waals surface area contributed by atoms with Gasteiger partial charge in [-0.15, -0.1) is 12.4 Å². The Labute approximate surface area is 146 Å². The van der Waals surface area contributed by atoms with Crippen molar-refractivity contribution in [1.82, 2.24) is 26.1 Å². The smallest absolute Gasteiger partial charge is 0.273 e. The summed E-state index contributed by atoms with van der Waals surface area (Å²) in [6, 6.07) is 7.11. The number of aromatic amines is 1. The molecule has 2 amide bonds. The zero-order valence-corrected chi connectivity index (χ0v) is 14.3. The van der Waals surface area contributed by atoms with Crippen LogP contribution >= 0.6 is 12.4 Å². The Morgan fingerprint density at radius 3 is 2.92 bits per heavy atom. The van der Waals surface area contributed by atoms with E-state index in [2.05, 4.69) is 26.1 Å². The highest BCUT2D eigenvalue weighted by Crippen LogP contribution is 2.14. The molecular formula is C16H22ClN5O2. The van der Waals surface area contributed by atoms with E-state index in [9.17, 15) is 9.59 Å². The quantitative estimate of drug-likeness (QED) is 0.645. The van der Waals surface area contributed by atoms with Gasteiger partial charge in [-0.1, -0.05) is 18.2 Å². The minimum Gasteiger partial charge on any atom is -0.353 e. The number of H-pyrrole nitrogens is 1. The van der Waals surface area contributed by atoms with Crippen molar-refractivity contribution >= 4 is 35.1 Å². The number of amides is 2. The van der Waals surface area contributed by atoms with E-state index in [1.807, 2.05) is 24.3 Å². The lowest BCUT2D eigenvalue weighted by Crippen LogP contribution is -2.47. The highest BCUT2D eigenvalue weighted by atomic mass is 35.5. The first-order valence-corrected chi connectivity index (χ1v) is 7.90. The summed E-state index contributed by atoms with van der Waals surface area (Å²) in [6.07, 6.45) is 2.21. The predicted octanol–water partition coefficient (Wildman–Crippen LogP) is 0.971. The van der Waals surface area contributed by atoms with Gasteiger partial charge in [-0.3, -0.25) is 14.7 Å². The number of carbonyl (C=O) groups is 2. The Morgan fingerprint density at radius 2 is 2.17 bits per heavy atom. The van der Waals surface area contributed by atoms with Gasteiger partial charge in [-0.05, 0) is 32.4 Å². The lowest BCUT2D eigenvalue weighted by Gasteiger charge is -2.16. The largest absolute Gasteiger partial charge is 0.353 e. The number of nitrogens with one attached hydrogen (secondary N) is 4. The van der Waals surface area contributed by atoms with Crippen LogP contribution in [0.2, 0.25) is 0 Å². The maximum atomic E-state index is 12.3. The van der Waals surface area contributed by atoms with Crippen molar-refractivity contribution in [3.63, 3.8) is 0 Å². The average Bonchev–Trinajstić information content (AvgIpc) is 3.21. The first kappa shape index (κ1) is 18.2. The van der Waals surface area contributed by atoms with Gasteiger partial charge < -0.3 is 16.0 Å². The second-order valence-corrected chi connectivity index (χ2v) is 5.85. The highest BCUT2D eigenvalue weighted by molar-refractivity contribution is 6.05. The summed E-state index contributed by atoms with van der Waals surface area (Å²) in [5.74, 6) is -0.545. The third-order valence-corrected chi connectivity index (χ3v) is 4.11. The molecular weight excluding hydrogens is 330 g/mol. The molecule has 2 heterocycles. The molecule has 0 bridgehead atoms. The Morgan fingerprint density at radius 1 is 1.38 bits per heavy atom. The van der Waals surface area contributed by atoms with Gasteiger partial charge >= 0.3 is 0 Å². The van der Waals surface area contributed by atoms with Gasteiger partial charge in [-0.25, -0.2) is 0 Å². The van der Waals surface area contributed by atoms with Gasteiger partial charge in [0.05, 0.1) is 5.52 Å². The molecule has 7 nitrogen and oxygen atoms in total. The molecule has 2 aromatic rings. The SMILES string of the molecule is CC(NC(=O)c1n[nH]c2ccccc12)C(=O)NCC1CCCN1.Cl. The van der Waals surface area contributed by atoms with Crippen LogP contribution < -0.4 is 16.0 Å². The molecule has 1 aromatic heterocycles. The number of fused-ring (bicyclic) bond motifs is 1. The standard InChI is InChI=1S/C16H21N5O2.ClH/c1-10(15(22)18-9-11-5-4-8-17-11)19-16(23)14-12-6-2-3-7-13(12)20-21-14;/h2-3,6-7,10-11,17H,4-5,8-9H2,1H3,(H,18,22)(H,19,23)(H,20,21);1H. The van der Waals surface area contributed by atoms with Crippen molar-refractivity contribution in [2.45, 2.75) is 31.8 Å². The Balaban J connectivity index is 0.00000208. The van der Waals surface area contributed by atoms with E-state index >= 15 is 0 Å². The molecule has 1 aromatic carbocycles.